The number of amides is 1. The smallest absolute Gasteiger partial charge is 0.297 e. The van der Waals surface area contributed by atoms with Gasteiger partial charge in [-0.1, -0.05) is 66.2 Å². The molecule has 11 nitrogen and oxygen atoms in total. The molecule has 1 spiro atoms. The number of fused-ring (bicyclic) bond motifs is 2. The lowest BCUT2D eigenvalue weighted by Crippen LogP contribution is -2.46. The minimum atomic E-state index is -2.90. The zero-order valence-electron chi connectivity index (χ0n) is 29.5. The van der Waals surface area contributed by atoms with E-state index in [-0.39, 0.29) is 47.7 Å². The second-order valence-electron chi connectivity index (χ2n) is 14.2. The Labute approximate surface area is 308 Å². The average molecular weight is 740 g/mol. The third-order valence-corrected chi connectivity index (χ3v) is 13.3. The Morgan fingerprint density at radius 1 is 1.04 bits per heavy atom. The number of benzene rings is 3. The lowest BCUT2D eigenvalue weighted by molar-refractivity contribution is -0.146. The van der Waals surface area contributed by atoms with Gasteiger partial charge in [0.05, 0.1) is 43.7 Å². The highest BCUT2D eigenvalue weighted by Crippen LogP contribution is 2.60. The van der Waals surface area contributed by atoms with Crippen LogP contribution >= 0.6 is 11.6 Å². The molecule has 2 aliphatic rings. The first-order valence-corrected chi connectivity index (χ1v) is 20.8. The van der Waals surface area contributed by atoms with Gasteiger partial charge in [-0.2, -0.15) is 0 Å². The molecule has 7 rings (SSSR count). The van der Waals surface area contributed by atoms with Crippen LogP contribution < -0.4 is 15.2 Å². The van der Waals surface area contributed by atoms with Gasteiger partial charge in [-0.15, -0.1) is 5.10 Å². The molecule has 0 aliphatic carbocycles. The van der Waals surface area contributed by atoms with Gasteiger partial charge in [0.2, 0.25) is 0 Å². The molecule has 0 saturated carbocycles. The van der Waals surface area contributed by atoms with Crippen molar-refractivity contribution in [3.8, 4) is 11.4 Å². The molecule has 1 amide bonds. The number of rotatable bonds is 11. The molecule has 4 heterocycles. The van der Waals surface area contributed by atoms with Crippen LogP contribution in [-0.2, 0) is 28.2 Å². The molecule has 2 aromatic heterocycles. The van der Waals surface area contributed by atoms with Crippen molar-refractivity contribution in [2.24, 2.45) is 5.92 Å². The summed E-state index contributed by atoms with van der Waals surface area (Å²) in [6, 6.07) is 26.0. The number of methoxy groups -OCH3 is 1. The molecular formula is C39H42ClN5O6Si. The fourth-order valence-electron chi connectivity index (χ4n) is 8.15. The zero-order chi connectivity index (χ0) is 36.8. The molecule has 3 aromatic carbocycles. The van der Waals surface area contributed by atoms with Gasteiger partial charge in [0.25, 0.3) is 11.5 Å². The van der Waals surface area contributed by atoms with E-state index in [0.717, 1.165) is 11.1 Å². The second kappa shape index (κ2) is 14.1. The fourth-order valence-corrected chi connectivity index (χ4v) is 10.9. The Bertz CT molecular complexity index is 2140. The highest BCUT2D eigenvalue weighted by molar-refractivity contribution is 6.71. The normalized spacial score (nSPS) is 21.9. The number of pyridine rings is 1. The highest BCUT2D eigenvalue weighted by atomic mass is 35.5. The number of aryl methyl sites for hydroxylation is 1. The third kappa shape index (κ3) is 6.28. The summed E-state index contributed by atoms with van der Waals surface area (Å²) >= 11 is 6.59. The number of nitrogens with zero attached hydrogens (tertiary/aromatic N) is 5. The first-order chi connectivity index (χ1) is 25.0. The van der Waals surface area contributed by atoms with Crippen molar-refractivity contribution in [3.05, 3.63) is 135 Å². The molecule has 13 heteroatoms. The molecule has 5 aromatic rings. The van der Waals surface area contributed by atoms with E-state index in [9.17, 15) is 19.5 Å². The summed E-state index contributed by atoms with van der Waals surface area (Å²) in [5.41, 5.74) is 2.66. The molecule has 2 N–H and O–H groups in total. The summed E-state index contributed by atoms with van der Waals surface area (Å²) in [5.74, 6) is -0.616. The van der Waals surface area contributed by atoms with Gasteiger partial charge in [-0.25, -0.2) is 0 Å². The van der Waals surface area contributed by atoms with Crippen LogP contribution in [0.4, 0.5) is 5.69 Å². The first kappa shape index (κ1) is 35.8. The number of hydrogen-bond donors (Lipinski definition) is 2. The standard InChI is InChI=1S/C39H42ClN5O6Si/c1-25-36(52(3,4)49)34(18-20-43-23-32(41-42-43)30(24-46)27-9-6-5-7-10-27)51-39(25)31-21-28(40)14-17-33(31)45(38(39)48)22-26-12-15-29(16-13-26)44-19-8-11-35(50-2)37(44)47/h5-17,19,21,23,25,30,34,36,46,49H,18,20,22,24H2,1-4H3/t25-,30?,34+,36-,39+/m0/s1. The SMILES string of the molecule is COc1cccn(-c2ccc(CN3C(=O)[C@]4(O[C@H](CCn5cc(C(CO)c6ccccc6)nn5)[C@@H]([Si](C)(C)O)[C@@H]4C)c4cc(Cl)ccc43)cc2)c1=O. The second-order valence-corrected chi connectivity index (χ2v) is 18.6. The summed E-state index contributed by atoms with van der Waals surface area (Å²) in [4.78, 5) is 41.1. The quantitative estimate of drug-likeness (QED) is 0.166. The summed E-state index contributed by atoms with van der Waals surface area (Å²) < 4.78 is 15.4. The molecule has 5 atom stereocenters. The summed E-state index contributed by atoms with van der Waals surface area (Å²) in [6.07, 6.45) is 3.56. The molecular weight excluding hydrogens is 698 g/mol. The minimum absolute atomic E-state index is 0.103. The highest BCUT2D eigenvalue weighted by Gasteiger charge is 2.66. The van der Waals surface area contributed by atoms with Crippen LogP contribution in [0.3, 0.4) is 0 Å². The summed E-state index contributed by atoms with van der Waals surface area (Å²) in [5, 5.41) is 19.4. The fraction of sp³-hybridized carbons (Fsp3) is 0.333. The van der Waals surface area contributed by atoms with E-state index in [2.05, 4.69) is 10.3 Å². The van der Waals surface area contributed by atoms with Crippen molar-refractivity contribution >= 4 is 31.5 Å². The van der Waals surface area contributed by atoms with Gasteiger partial charge < -0.3 is 24.3 Å². The lowest BCUT2D eigenvalue weighted by Gasteiger charge is -2.32. The van der Waals surface area contributed by atoms with Crippen LogP contribution in [0.2, 0.25) is 23.7 Å². The molecule has 270 valence electrons. The number of carbonyl (C=O) groups excluding carboxylic acids is 1. The zero-order valence-corrected chi connectivity index (χ0v) is 31.3. The third-order valence-electron chi connectivity index (χ3n) is 10.6. The largest absolute Gasteiger partial charge is 0.491 e. The van der Waals surface area contributed by atoms with Crippen molar-refractivity contribution < 1.29 is 24.2 Å². The molecule has 1 unspecified atom stereocenters. The predicted molar refractivity (Wildman–Crippen MR) is 200 cm³/mol. The van der Waals surface area contributed by atoms with Crippen molar-refractivity contribution in [2.75, 3.05) is 18.6 Å². The van der Waals surface area contributed by atoms with Crippen molar-refractivity contribution in [2.45, 2.75) is 62.7 Å². The van der Waals surface area contributed by atoms with Crippen molar-refractivity contribution in [1.29, 1.82) is 0 Å². The van der Waals surface area contributed by atoms with E-state index in [0.29, 0.717) is 40.6 Å². The van der Waals surface area contributed by atoms with Gasteiger partial charge in [0.15, 0.2) is 19.7 Å². The Hall–Kier alpha value is -4.59. The molecule has 0 bridgehead atoms. The van der Waals surface area contributed by atoms with Crippen molar-refractivity contribution in [3.63, 3.8) is 0 Å². The van der Waals surface area contributed by atoms with Crippen LogP contribution in [0.1, 0.15) is 41.6 Å². The van der Waals surface area contributed by atoms with E-state index in [4.69, 9.17) is 21.1 Å². The van der Waals surface area contributed by atoms with Gasteiger partial charge >= 0.3 is 0 Å². The van der Waals surface area contributed by atoms with Gasteiger partial charge in [0, 0.05) is 46.7 Å². The number of aliphatic hydroxyl groups is 1. The molecule has 1 saturated heterocycles. The Balaban J connectivity index is 1.16. The maximum Gasteiger partial charge on any atom is 0.297 e. The predicted octanol–water partition coefficient (Wildman–Crippen LogP) is 5.65. The van der Waals surface area contributed by atoms with Gasteiger partial charge in [0.1, 0.15) is 0 Å². The van der Waals surface area contributed by atoms with Crippen LogP contribution in [-0.4, -0.2) is 63.5 Å². The molecule has 0 radical (unpaired) electrons. The Morgan fingerprint density at radius 2 is 1.79 bits per heavy atom. The number of aromatic nitrogens is 4. The molecule has 1 fully saturated rings. The number of halogens is 1. The van der Waals surface area contributed by atoms with E-state index >= 15 is 0 Å². The number of anilines is 1. The van der Waals surface area contributed by atoms with E-state index < -0.39 is 20.0 Å². The monoisotopic (exact) mass is 739 g/mol. The van der Waals surface area contributed by atoms with E-state index in [1.54, 1.807) is 34.0 Å². The Morgan fingerprint density at radius 3 is 2.48 bits per heavy atom. The van der Waals surface area contributed by atoms with Crippen LogP contribution in [0.15, 0.2) is 102 Å². The number of hydrogen-bond acceptors (Lipinski definition) is 8. The molecule has 52 heavy (non-hydrogen) atoms. The van der Waals surface area contributed by atoms with Crippen LogP contribution in [0.5, 0.6) is 5.75 Å². The number of ether oxygens (including phenoxy) is 2. The summed E-state index contributed by atoms with van der Waals surface area (Å²) in [7, 11) is -1.44. The van der Waals surface area contributed by atoms with E-state index in [1.165, 1.54) is 11.7 Å². The molecule has 2 aliphatic heterocycles. The van der Waals surface area contributed by atoms with E-state index in [1.807, 2.05) is 92.9 Å². The Kier molecular flexibility index (Phi) is 9.70. The maximum absolute atomic E-state index is 14.8. The first-order valence-electron chi connectivity index (χ1n) is 17.4. The lowest BCUT2D eigenvalue weighted by atomic mass is 9.82. The van der Waals surface area contributed by atoms with Crippen molar-refractivity contribution in [1.82, 2.24) is 19.6 Å². The summed E-state index contributed by atoms with van der Waals surface area (Å²) in [6.45, 7) is 6.40. The minimum Gasteiger partial charge on any atom is -0.491 e. The van der Waals surface area contributed by atoms with Gasteiger partial charge in [-0.3, -0.25) is 18.8 Å². The van der Waals surface area contributed by atoms with Gasteiger partial charge in [-0.05, 0) is 73.1 Å². The van der Waals surface area contributed by atoms with Crippen LogP contribution in [0, 0.1) is 5.92 Å². The van der Waals surface area contributed by atoms with Crippen LogP contribution in [0.25, 0.3) is 5.69 Å². The maximum atomic E-state index is 14.8. The average Bonchev–Trinajstić information content (AvgIpc) is 3.79. The topological polar surface area (TPSA) is 132 Å². The number of aliphatic hydroxyl groups excluding tert-OH is 1. The number of carbonyl (C=O) groups is 1.